The van der Waals surface area contributed by atoms with Crippen molar-refractivity contribution in [3.05, 3.63) is 53.1 Å². The molecule has 4 heterocycles. The molecule has 1 aromatic heterocycles. The lowest BCUT2D eigenvalue weighted by Crippen LogP contribution is -2.57. The molecule has 10 heteroatoms. The molecule has 5 aliphatic rings. The third-order valence-corrected chi connectivity index (χ3v) is 14.2. The molecule has 6 atom stereocenters. The summed E-state index contributed by atoms with van der Waals surface area (Å²) in [6.45, 7) is 4.67. The van der Waals surface area contributed by atoms with Crippen LogP contribution in [-0.4, -0.2) is 94.0 Å². The number of nitrogens with zero attached hydrogens (tertiary/aromatic N) is 4. The van der Waals surface area contributed by atoms with Crippen LogP contribution in [0.1, 0.15) is 85.2 Å². The second-order valence-corrected chi connectivity index (χ2v) is 17.6. The van der Waals surface area contributed by atoms with E-state index in [4.69, 9.17) is 4.74 Å². The number of likely N-dealkylation sites (N-methyl/N-ethyl adjacent to an activating group) is 1. The van der Waals surface area contributed by atoms with Gasteiger partial charge in [-0.15, -0.1) is 0 Å². The first-order valence-electron chi connectivity index (χ1n) is 17.7. The van der Waals surface area contributed by atoms with Crippen LogP contribution in [0.5, 0.6) is 5.75 Å². The Morgan fingerprint density at radius 1 is 1.02 bits per heavy atom. The average Bonchev–Trinajstić information content (AvgIpc) is 3.44. The molecule has 2 bridgehead atoms. The van der Waals surface area contributed by atoms with E-state index in [0.717, 1.165) is 55.4 Å². The van der Waals surface area contributed by atoms with Gasteiger partial charge in [-0.2, -0.15) is 0 Å². The number of ether oxygens (including phenoxy) is 1. The van der Waals surface area contributed by atoms with Crippen LogP contribution in [0.2, 0.25) is 0 Å². The zero-order valence-electron chi connectivity index (χ0n) is 29.0. The number of rotatable bonds is 6. The molecule has 2 saturated carbocycles. The van der Waals surface area contributed by atoms with Crippen molar-refractivity contribution in [3.8, 4) is 17.0 Å². The van der Waals surface area contributed by atoms with Crippen LogP contribution in [0.15, 0.2) is 36.4 Å². The van der Waals surface area contributed by atoms with Crippen LogP contribution in [0, 0.1) is 11.3 Å². The standard InChI is InChI=1S/C38H49N5O4S/c1-23-34-31-19-28(47-5)15-17-29(31)35-33(24-10-8-7-9-11-24)30-16-12-25(36(44)39-48(6,46)40(2)3)18-32(30)42(35)22-38(23,34)37(45)43-26-13-14-27(43)21-41(4)20-26/h12,15-19,23-24,26-27,34H,6-11,13-14,20-22H2,1-5H3,(H,39,44,46)/t23-,26-,27+,34?,38?,48?/m0/s1. The van der Waals surface area contributed by atoms with Gasteiger partial charge in [0.2, 0.25) is 5.91 Å². The largest absolute Gasteiger partial charge is 0.497 e. The molecule has 0 spiro atoms. The third-order valence-electron chi connectivity index (χ3n) is 12.5. The smallest absolute Gasteiger partial charge is 0.263 e. The van der Waals surface area contributed by atoms with Gasteiger partial charge >= 0.3 is 0 Å². The van der Waals surface area contributed by atoms with Gasteiger partial charge in [-0.25, -0.2) is 8.51 Å². The Balaban J connectivity index is 1.34. The fourth-order valence-corrected chi connectivity index (χ4v) is 10.6. The van der Waals surface area contributed by atoms with Crippen molar-refractivity contribution in [3.63, 3.8) is 0 Å². The van der Waals surface area contributed by atoms with Crippen LogP contribution in [-0.2, 0) is 21.2 Å². The monoisotopic (exact) mass is 671 g/mol. The Kier molecular flexibility index (Phi) is 7.54. The lowest BCUT2D eigenvalue weighted by Gasteiger charge is -2.41. The second-order valence-electron chi connectivity index (χ2n) is 15.4. The lowest BCUT2D eigenvalue weighted by atomic mass is 9.81. The molecular formula is C38H49N5O4S. The van der Waals surface area contributed by atoms with Crippen LogP contribution in [0.4, 0.5) is 0 Å². The van der Waals surface area contributed by atoms with Crippen molar-refractivity contribution >= 4 is 38.5 Å². The molecule has 1 N–H and O–H groups in total. The van der Waals surface area contributed by atoms with Crippen LogP contribution in [0.25, 0.3) is 22.2 Å². The number of carbonyl (C=O) groups excluding carboxylic acids is 2. The molecule has 2 saturated heterocycles. The Bertz CT molecular complexity index is 1910. The number of piperazine rings is 1. The summed E-state index contributed by atoms with van der Waals surface area (Å²) < 4.78 is 25.4. The number of likely N-dealkylation sites (tertiary alicyclic amines) is 1. The minimum absolute atomic E-state index is 0.0748. The summed E-state index contributed by atoms with van der Waals surface area (Å²) in [6.07, 6.45) is 8.02. The highest BCUT2D eigenvalue weighted by Gasteiger charge is 2.71. The predicted molar refractivity (Wildman–Crippen MR) is 192 cm³/mol. The number of nitrogens with one attached hydrogen (secondary N) is 1. The van der Waals surface area contributed by atoms with Gasteiger partial charge in [-0.1, -0.05) is 32.3 Å². The Morgan fingerprint density at radius 2 is 1.73 bits per heavy atom. The van der Waals surface area contributed by atoms with E-state index < -0.39 is 21.2 Å². The summed E-state index contributed by atoms with van der Waals surface area (Å²) in [6, 6.07) is 12.9. The molecular weight excluding hydrogens is 623 g/mol. The number of hydrogen-bond acceptors (Lipinski definition) is 5. The highest BCUT2D eigenvalue weighted by atomic mass is 32.2. The first-order valence-corrected chi connectivity index (χ1v) is 19.4. The number of benzene rings is 2. The van der Waals surface area contributed by atoms with Crippen LogP contribution >= 0.6 is 0 Å². The number of fused-ring (bicyclic) bond motifs is 9. The van der Waals surface area contributed by atoms with Crippen molar-refractivity contribution in [2.75, 3.05) is 41.3 Å². The first-order chi connectivity index (χ1) is 23.0. The van der Waals surface area contributed by atoms with Gasteiger partial charge in [-0.05, 0) is 91.9 Å². The zero-order chi connectivity index (χ0) is 33.7. The molecule has 9 nitrogen and oxygen atoms in total. The fraction of sp³-hybridized carbons (Fsp3) is 0.553. The van der Waals surface area contributed by atoms with E-state index in [9.17, 15) is 9.00 Å². The average molecular weight is 672 g/mol. The number of amides is 2. The molecule has 3 aromatic rings. The van der Waals surface area contributed by atoms with Gasteiger partial charge in [0.25, 0.3) is 5.91 Å². The van der Waals surface area contributed by atoms with Gasteiger partial charge < -0.3 is 19.1 Å². The molecule has 3 unspecified atom stereocenters. The molecule has 0 radical (unpaired) electrons. The Labute approximate surface area is 284 Å². The quantitative estimate of drug-likeness (QED) is 0.363. The maximum Gasteiger partial charge on any atom is 0.263 e. The van der Waals surface area contributed by atoms with Crippen molar-refractivity contribution in [1.82, 2.24) is 23.4 Å². The topological polar surface area (TPSA) is 87.1 Å². The van der Waals surface area contributed by atoms with Gasteiger partial charge in [0.1, 0.15) is 15.6 Å². The third kappa shape index (κ3) is 4.69. The SMILES string of the molecule is C=S(=O)(NC(=O)c1ccc2c(C3CCCCC3)c3n(c2c1)CC1(C(=O)N2[C@@H]4CC[C@H]2CN(C)C4)C(c2cc(OC)ccc2-3)[C@@H]1C)N(C)C. The van der Waals surface area contributed by atoms with Crippen molar-refractivity contribution in [1.29, 1.82) is 0 Å². The highest BCUT2D eigenvalue weighted by molar-refractivity contribution is 7.96. The highest BCUT2D eigenvalue weighted by Crippen LogP contribution is 2.70. The van der Waals surface area contributed by atoms with E-state index in [1.165, 1.54) is 46.0 Å². The van der Waals surface area contributed by atoms with E-state index in [-0.39, 0.29) is 23.9 Å². The van der Waals surface area contributed by atoms with Crippen LogP contribution < -0.4 is 9.46 Å². The normalized spacial score (nSPS) is 29.5. The Hall–Kier alpha value is -3.34. The van der Waals surface area contributed by atoms with E-state index in [0.29, 0.717) is 23.9 Å². The molecule has 256 valence electrons. The second kappa shape index (κ2) is 11.4. The van der Waals surface area contributed by atoms with Gasteiger partial charge in [0.05, 0.1) is 18.2 Å². The maximum atomic E-state index is 15.2. The van der Waals surface area contributed by atoms with Crippen molar-refractivity contribution < 1.29 is 18.5 Å². The van der Waals surface area contributed by atoms with Gasteiger partial charge in [-0.3, -0.25) is 14.3 Å². The molecule has 2 aromatic carbocycles. The van der Waals surface area contributed by atoms with E-state index in [1.807, 2.05) is 12.1 Å². The van der Waals surface area contributed by atoms with E-state index in [1.54, 1.807) is 21.2 Å². The molecule has 8 rings (SSSR count). The fourth-order valence-electron chi connectivity index (χ4n) is 9.97. The molecule has 2 amide bonds. The molecule has 3 aliphatic heterocycles. The van der Waals surface area contributed by atoms with Gasteiger partial charge in [0, 0.05) is 73.8 Å². The van der Waals surface area contributed by atoms with Crippen LogP contribution in [0.3, 0.4) is 0 Å². The number of methoxy groups -OCH3 is 1. The maximum absolute atomic E-state index is 15.2. The summed E-state index contributed by atoms with van der Waals surface area (Å²) >= 11 is 0. The Morgan fingerprint density at radius 3 is 2.40 bits per heavy atom. The van der Waals surface area contributed by atoms with Crippen molar-refractivity contribution in [2.45, 2.75) is 82.3 Å². The summed E-state index contributed by atoms with van der Waals surface area (Å²) in [4.78, 5) is 33.5. The lowest BCUT2D eigenvalue weighted by molar-refractivity contribution is -0.144. The van der Waals surface area contributed by atoms with E-state index >= 15 is 4.79 Å². The summed E-state index contributed by atoms with van der Waals surface area (Å²) in [7, 11) is 4.20. The molecule has 4 fully saturated rings. The molecule has 2 aliphatic carbocycles. The summed E-state index contributed by atoms with van der Waals surface area (Å²) in [5.41, 5.74) is 5.72. The van der Waals surface area contributed by atoms with Crippen molar-refractivity contribution in [2.24, 2.45) is 11.3 Å². The summed E-state index contributed by atoms with van der Waals surface area (Å²) in [5.74, 6) is 5.07. The number of hydrogen-bond donors (Lipinski definition) is 1. The van der Waals surface area contributed by atoms with Gasteiger partial charge in [0.15, 0.2) is 0 Å². The molecule has 48 heavy (non-hydrogen) atoms. The minimum atomic E-state index is -2.97. The zero-order valence-corrected chi connectivity index (χ0v) is 29.8. The number of aromatic nitrogens is 1. The number of carbonyl (C=O) groups is 2. The summed E-state index contributed by atoms with van der Waals surface area (Å²) in [5, 5.41) is 1.15. The predicted octanol–water partition coefficient (Wildman–Crippen LogP) is 5.24. The first kappa shape index (κ1) is 31.9. The van der Waals surface area contributed by atoms with E-state index in [2.05, 4.69) is 63.2 Å². The minimum Gasteiger partial charge on any atom is -0.497 e.